The molecular formula is C23H27N3O2. The van der Waals surface area contributed by atoms with Crippen molar-refractivity contribution in [2.45, 2.75) is 31.8 Å². The molecule has 2 aromatic carbocycles. The summed E-state index contributed by atoms with van der Waals surface area (Å²) in [6.45, 7) is 4.72. The third-order valence-corrected chi connectivity index (χ3v) is 5.69. The Kier molecular flexibility index (Phi) is 5.44. The molecule has 2 aliphatic rings. The summed E-state index contributed by atoms with van der Waals surface area (Å²) in [5.74, 6) is 0.174. The standard InChI is InChI=1S/C23H27N3O2/c1-17(22(27)24-21-11-12-21)25-13-15-26(16-14-25)23(28)20-9-7-19(8-10-20)18-5-3-2-4-6-18/h2-10,17,21H,11-16H2,1H3,(H,24,27). The van der Waals surface area contributed by atoms with Crippen LogP contribution in [0.2, 0.25) is 0 Å². The summed E-state index contributed by atoms with van der Waals surface area (Å²) in [6.07, 6.45) is 2.20. The molecule has 2 fully saturated rings. The smallest absolute Gasteiger partial charge is 0.253 e. The molecule has 1 unspecified atom stereocenters. The van der Waals surface area contributed by atoms with Crippen molar-refractivity contribution in [3.8, 4) is 11.1 Å². The predicted octanol–water partition coefficient (Wildman–Crippen LogP) is 2.78. The molecule has 2 aromatic rings. The molecule has 1 heterocycles. The highest BCUT2D eigenvalue weighted by Crippen LogP contribution is 2.21. The van der Waals surface area contributed by atoms with Gasteiger partial charge in [-0.1, -0.05) is 42.5 Å². The van der Waals surface area contributed by atoms with Crippen LogP contribution in [0.5, 0.6) is 0 Å². The lowest BCUT2D eigenvalue weighted by atomic mass is 10.0. The van der Waals surface area contributed by atoms with Crippen molar-refractivity contribution in [3.05, 3.63) is 60.2 Å². The average Bonchev–Trinajstić information content (AvgIpc) is 3.57. The number of piperazine rings is 1. The van der Waals surface area contributed by atoms with E-state index >= 15 is 0 Å². The van der Waals surface area contributed by atoms with Gasteiger partial charge in [0.1, 0.15) is 0 Å². The number of amides is 2. The second-order valence-corrected chi connectivity index (χ2v) is 7.73. The van der Waals surface area contributed by atoms with Gasteiger partial charge in [-0.2, -0.15) is 0 Å². The van der Waals surface area contributed by atoms with Crippen LogP contribution in [0.15, 0.2) is 54.6 Å². The Morgan fingerprint density at radius 1 is 0.893 bits per heavy atom. The zero-order valence-corrected chi connectivity index (χ0v) is 16.3. The number of carbonyl (C=O) groups excluding carboxylic acids is 2. The Balaban J connectivity index is 1.33. The second-order valence-electron chi connectivity index (χ2n) is 7.73. The molecule has 1 aliphatic heterocycles. The van der Waals surface area contributed by atoms with E-state index in [1.165, 1.54) is 0 Å². The van der Waals surface area contributed by atoms with Gasteiger partial charge < -0.3 is 10.2 Å². The van der Waals surface area contributed by atoms with Crippen molar-refractivity contribution < 1.29 is 9.59 Å². The molecule has 1 saturated carbocycles. The molecule has 0 radical (unpaired) electrons. The fraction of sp³-hybridized carbons (Fsp3) is 0.391. The Labute approximate surface area is 166 Å². The van der Waals surface area contributed by atoms with Gasteiger partial charge in [-0.05, 0) is 43.0 Å². The summed E-state index contributed by atoms with van der Waals surface area (Å²) in [5.41, 5.74) is 2.97. The third kappa shape index (κ3) is 4.25. The van der Waals surface area contributed by atoms with E-state index in [0.717, 1.165) is 37.1 Å². The van der Waals surface area contributed by atoms with Crippen LogP contribution in [0, 0.1) is 0 Å². The van der Waals surface area contributed by atoms with Crippen molar-refractivity contribution in [2.75, 3.05) is 26.2 Å². The molecule has 0 bridgehead atoms. The van der Waals surface area contributed by atoms with Gasteiger partial charge in [0.2, 0.25) is 5.91 Å². The Hall–Kier alpha value is -2.66. The molecule has 28 heavy (non-hydrogen) atoms. The lowest BCUT2D eigenvalue weighted by Gasteiger charge is -2.37. The number of nitrogens with one attached hydrogen (secondary N) is 1. The van der Waals surface area contributed by atoms with E-state index in [2.05, 4.69) is 22.3 Å². The summed E-state index contributed by atoms with van der Waals surface area (Å²) >= 11 is 0. The molecule has 146 valence electrons. The molecule has 5 nitrogen and oxygen atoms in total. The Bertz CT molecular complexity index is 823. The number of rotatable bonds is 5. The van der Waals surface area contributed by atoms with E-state index in [0.29, 0.717) is 24.7 Å². The van der Waals surface area contributed by atoms with Crippen molar-refractivity contribution in [1.82, 2.24) is 15.1 Å². The maximum absolute atomic E-state index is 12.8. The molecule has 2 amide bonds. The third-order valence-electron chi connectivity index (χ3n) is 5.69. The molecular weight excluding hydrogens is 350 g/mol. The topological polar surface area (TPSA) is 52.7 Å². The maximum atomic E-state index is 12.8. The van der Waals surface area contributed by atoms with Crippen LogP contribution in [0.25, 0.3) is 11.1 Å². The largest absolute Gasteiger partial charge is 0.352 e. The minimum atomic E-state index is -0.136. The minimum absolute atomic E-state index is 0.0642. The number of nitrogens with zero attached hydrogens (tertiary/aromatic N) is 2. The van der Waals surface area contributed by atoms with E-state index in [9.17, 15) is 9.59 Å². The SMILES string of the molecule is CC(C(=O)NC1CC1)N1CCN(C(=O)c2ccc(-c3ccccc3)cc2)CC1. The number of hydrogen-bond donors (Lipinski definition) is 1. The molecule has 5 heteroatoms. The first-order valence-corrected chi connectivity index (χ1v) is 10.1. The molecule has 0 aromatic heterocycles. The van der Waals surface area contributed by atoms with Gasteiger partial charge in [0.25, 0.3) is 5.91 Å². The van der Waals surface area contributed by atoms with Crippen LogP contribution in [-0.4, -0.2) is 59.9 Å². The van der Waals surface area contributed by atoms with Crippen molar-refractivity contribution in [2.24, 2.45) is 0 Å². The Morgan fingerprint density at radius 2 is 1.50 bits per heavy atom. The lowest BCUT2D eigenvalue weighted by Crippen LogP contribution is -2.55. The van der Waals surface area contributed by atoms with Crippen molar-refractivity contribution >= 4 is 11.8 Å². The minimum Gasteiger partial charge on any atom is -0.352 e. The zero-order valence-electron chi connectivity index (χ0n) is 16.3. The zero-order chi connectivity index (χ0) is 19.5. The summed E-state index contributed by atoms with van der Waals surface area (Å²) < 4.78 is 0. The fourth-order valence-electron chi connectivity index (χ4n) is 3.65. The highest BCUT2D eigenvalue weighted by atomic mass is 16.2. The molecule has 1 N–H and O–H groups in total. The first-order valence-electron chi connectivity index (χ1n) is 10.1. The average molecular weight is 377 g/mol. The van der Waals surface area contributed by atoms with Gasteiger partial charge in [0, 0.05) is 37.8 Å². The Morgan fingerprint density at radius 3 is 2.11 bits per heavy atom. The second kappa shape index (κ2) is 8.15. The van der Waals surface area contributed by atoms with Gasteiger partial charge in [-0.3, -0.25) is 14.5 Å². The first kappa shape index (κ1) is 18.7. The van der Waals surface area contributed by atoms with Gasteiger partial charge in [0.05, 0.1) is 6.04 Å². The number of benzene rings is 2. The monoisotopic (exact) mass is 377 g/mol. The normalized spacial score (nSPS) is 18.5. The molecule has 0 spiro atoms. The molecule has 1 saturated heterocycles. The maximum Gasteiger partial charge on any atom is 0.253 e. The van der Waals surface area contributed by atoms with Gasteiger partial charge >= 0.3 is 0 Å². The van der Waals surface area contributed by atoms with E-state index in [1.54, 1.807) is 0 Å². The summed E-state index contributed by atoms with van der Waals surface area (Å²) in [7, 11) is 0. The van der Waals surface area contributed by atoms with E-state index in [-0.39, 0.29) is 17.9 Å². The summed E-state index contributed by atoms with van der Waals surface area (Å²) in [6, 6.07) is 18.2. The highest BCUT2D eigenvalue weighted by molar-refractivity contribution is 5.94. The number of hydrogen-bond acceptors (Lipinski definition) is 3. The predicted molar refractivity (Wildman–Crippen MR) is 110 cm³/mol. The van der Waals surface area contributed by atoms with Crippen molar-refractivity contribution in [3.63, 3.8) is 0 Å². The molecule has 4 rings (SSSR count). The quantitative estimate of drug-likeness (QED) is 0.872. The fourth-order valence-corrected chi connectivity index (χ4v) is 3.65. The molecule has 1 atom stereocenters. The van der Waals surface area contributed by atoms with Crippen LogP contribution >= 0.6 is 0 Å². The van der Waals surface area contributed by atoms with Gasteiger partial charge in [-0.25, -0.2) is 0 Å². The summed E-state index contributed by atoms with van der Waals surface area (Å²) in [5, 5.41) is 3.07. The van der Waals surface area contributed by atoms with Crippen LogP contribution in [-0.2, 0) is 4.79 Å². The van der Waals surface area contributed by atoms with Crippen LogP contribution in [0.1, 0.15) is 30.1 Å². The highest BCUT2D eigenvalue weighted by Gasteiger charge is 2.31. The summed E-state index contributed by atoms with van der Waals surface area (Å²) in [4.78, 5) is 29.1. The van der Waals surface area contributed by atoms with Crippen LogP contribution in [0.4, 0.5) is 0 Å². The van der Waals surface area contributed by atoms with Crippen LogP contribution < -0.4 is 5.32 Å². The van der Waals surface area contributed by atoms with Gasteiger partial charge in [0.15, 0.2) is 0 Å². The van der Waals surface area contributed by atoms with E-state index in [4.69, 9.17) is 0 Å². The van der Waals surface area contributed by atoms with Crippen LogP contribution in [0.3, 0.4) is 0 Å². The van der Waals surface area contributed by atoms with E-state index in [1.807, 2.05) is 54.3 Å². The number of carbonyl (C=O) groups is 2. The molecule has 1 aliphatic carbocycles. The van der Waals surface area contributed by atoms with Gasteiger partial charge in [-0.15, -0.1) is 0 Å². The van der Waals surface area contributed by atoms with E-state index < -0.39 is 0 Å². The first-order chi connectivity index (χ1) is 13.6. The lowest BCUT2D eigenvalue weighted by molar-refractivity contribution is -0.126. The van der Waals surface area contributed by atoms with Crippen molar-refractivity contribution in [1.29, 1.82) is 0 Å².